The Morgan fingerprint density at radius 3 is 2.54 bits per heavy atom. The largest absolute Gasteiger partial charge is 0.469 e. The van der Waals surface area contributed by atoms with E-state index in [1.807, 2.05) is 0 Å². The van der Waals surface area contributed by atoms with E-state index in [1.165, 1.54) is 25.3 Å². The van der Waals surface area contributed by atoms with Crippen molar-refractivity contribution in [2.75, 3.05) is 7.11 Å². The van der Waals surface area contributed by atoms with Gasteiger partial charge >= 0.3 is 5.97 Å². The van der Waals surface area contributed by atoms with Gasteiger partial charge in [0.25, 0.3) is 10.0 Å². The van der Waals surface area contributed by atoms with Crippen LogP contribution < -0.4 is 0 Å². The summed E-state index contributed by atoms with van der Waals surface area (Å²) in [7, 11) is -3.37. The Kier molecular flexibility index (Phi) is 5.66. The molecule has 0 saturated carbocycles. The van der Waals surface area contributed by atoms with E-state index in [-0.39, 0.29) is 41.1 Å². The number of ether oxygens (including phenoxy) is 1. The van der Waals surface area contributed by atoms with Crippen molar-refractivity contribution in [1.29, 1.82) is 0 Å². The van der Waals surface area contributed by atoms with Crippen LogP contribution in [0.2, 0.25) is 5.15 Å². The number of benzene rings is 1. The summed E-state index contributed by atoms with van der Waals surface area (Å²) in [6, 6.07) is 7.07. The summed E-state index contributed by atoms with van der Waals surface area (Å²) in [6.45, 7) is 0. The van der Waals surface area contributed by atoms with E-state index in [4.69, 9.17) is 11.6 Å². The number of pyridine rings is 1. The van der Waals surface area contributed by atoms with Crippen LogP contribution in [0, 0.1) is 11.6 Å². The third-order valence-corrected chi connectivity index (χ3v) is 6.14. The van der Waals surface area contributed by atoms with Gasteiger partial charge in [0.05, 0.1) is 18.1 Å². The minimum Gasteiger partial charge on any atom is -0.469 e. The lowest BCUT2D eigenvalue weighted by molar-refractivity contribution is -0.140. The molecular formula is C18H15ClF2N2O4S. The van der Waals surface area contributed by atoms with Crippen molar-refractivity contribution in [1.82, 2.24) is 8.96 Å². The number of hydrogen-bond acceptors (Lipinski definition) is 5. The van der Waals surface area contributed by atoms with Gasteiger partial charge in [0, 0.05) is 12.1 Å². The highest BCUT2D eigenvalue weighted by atomic mass is 35.5. The zero-order valence-corrected chi connectivity index (χ0v) is 16.2. The van der Waals surface area contributed by atoms with Crippen LogP contribution >= 0.6 is 11.6 Å². The van der Waals surface area contributed by atoms with Crippen molar-refractivity contribution in [3.8, 4) is 0 Å². The van der Waals surface area contributed by atoms with Crippen molar-refractivity contribution < 1.29 is 26.7 Å². The number of nitrogens with zero attached hydrogens (tertiary/aromatic N) is 2. The summed E-state index contributed by atoms with van der Waals surface area (Å²) >= 11 is 5.88. The molecule has 0 aliphatic rings. The van der Waals surface area contributed by atoms with Crippen LogP contribution in [0.3, 0.4) is 0 Å². The smallest absolute Gasteiger partial charge is 0.305 e. The predicted molar refractivity (Wildman–Crippen MR) is 98.6 cm³/mol. The number of esters is 1. The van der Waals surface area contributed by atoms with E-state index in [2.05, 4.69) is 9.72 Å². The fourth-order valence-electron chi connectivity index (χ4n) is 2.89. The van der Waals surface area contributed by atoms with Gasteiger partial charge in [-0.2, -0.15) is 0 Å². The zero-order valence-electron chi connectivity index (χ0n) is 14.7. The van der Waals surface area contributed by atoms with Crippen molar-refractivity contribution in [3.63, 3.8) is 0 Å². The van der Waals surface area contributed by atoms with E-state index in [0.29, 0.717) is 0 Å². The van der Waals surface area contributed by atoms with Crippen molar-refractivity contribution in [2.24, 2.45) is 0 Å². The number of rotatable bonds is 6. The number of methoxy groups -OCH3 is 1. The first-order valence-corrected chi connectivity index (χ1v) is 10.0. The molecule has 0 unspecified atom stereocenters. The van der Waals surface area contributed by atoms with E-state index in [9.17, 15) is 22.0 Å². The van der Waals surface area contributed by atoms with Gasteiger partial charge in [0.2, 0.25) is 0 Å². The molecule has 0 fully saturated rings. The topological polar surface area (TPSA) is 78.3 Å². The van der Waals surface area contributed by atoms with Gasteiger partial charge in [0.1, 0.15) is 16.8 Å². The minimum absolute atomic E-state index is 0.0559. The van der Waals surface area contributed by atoms with Crippen molar-refractivity contribution in [2.45, 2.75) is 24.2 Å². The molecule has 1 aromatic carbocycles. The third kappa shape index (κ3) is 3.72. The lowest BCUT2D eigenvalue weighted by Crippen LogP contribution is -2.19. The Morgan fingerprint density at radius 2 is 1.89 bits per heavy atom. The number of hydrogen-bond donors (Lipinski definition) is 0. The average Bonchev–Trinajstić information content (AvgIpc) is 2.99. The Labute approximate surface area is 164 Å². The molecule has 148 valence electrons. The molecule has 0 saturated heterocycles. The minimum atomic E-state index is -4.62. The van der Waals surface area contributed by atoms with Crippen molar-refractivity contribution >= 4 is 38.6 Å². The fraction of sp³-hybridized carbons (Fsp3) is 0.222. The molecule has 3 aromatic rings. The molecule has 2 aromatic heterocycles. The van der Waals surface area contributed by atoms with Crippen LogP contribution in [0.1, 0.15) is 18.5 Å². The SMILES string of the molecule is COC(=O)CCCc1cc2nc(Cl)ccc2n1S(=O)(=O)c1c(F)cccc1F. The van der Waals surface area contributed by atoms with Crippen LogP contribution in [0.15, 0.2) is 41.3 Å². The average molecular weight is 429 g/mol. The zero-order chi connectivity index (χ0) is 20.5. The molecular weight excluding hydrogens is 414 g/mol. The molecule has 0 radical (unpaired) electrons. The lowest BCUT2D eigenvalue weighted by atomic mass is 10.2. The quantitative estimate of drug-likeness (QED) is 0.442. The van der Waals surface area contributed by atoms with Gasteiger partial charge in [-0.05, 0) is 43.2 Å². The first-order valence-electron chi connectivity index (χ1n) is 8.19. The monoisotopic (exact) mass is 428 g/mol. The van der Waals surface area contributed by atoms with E-state index in [1.54, 1.807) is 0 Å². The molecule has 0 bridgehead atoms. The first kappa shape index (κ1) is 20.2. The number of carbonyl (C=O) groups is 1. The normalized spacial score (nSPS) is 11.7. The Balaban J connectivity index is 2.17. The van der Waals surface area contributed by atoms with Crippen molar-refractivity contribution in [3.05, 3.63) is 58.9 Å². The summed E-state index contributed by atoms with van der Waals surface area (Å²) < 4.78 is 60.1. The second-order valence-corrected chi connectivity index (χ2v) is 8.03. The number of halogens is 3. The number of aromatic nitrogens is 2. The van der Waals surface area contributed by atoms with E-state index < -0.39 is 32.5 Å². The highest BCUT2D eigenvalue weighted by Crippen LogP contribution is 2.29. The summed E-state index contributed by atoms with van der Waals surface area (Å²) in [5, 5.41) is 0.139. The van der Waals surface area contributed by atoms with Crippen LogP contribution in [0.4, 0.5) is 8.78 Å². The molecule has 0 N–H and O–H groups in total. The molecule has 10 heteroatoms. The highest BCUT2D eigenvalue weighted by molar-refractivity contribution is 7.90. The van der Waals surface area contributed by atoms with Crippen LogP contribution in [0.25, 0.3) is 11.0 Å². The molecule has 0 atom stereocenters. The molecule has 28 heavy (non-hydrogen) atoms. The number of carbonyl (C=O) groups excluding carboxylic acids is 1. The van der Waals surface area contributed by atoms with Gasteiger partial charge in [-0.15, -0.1) is 0 Å². The summed E-state index contributed by atoms with van der Waals surface area (Å²) in [4.78, 5) is 14.3. The van der Waals surface area contributed by atoms with E-state index in [0.717, 1.165) is 22.2 Å². The Morgan fingerprint density at radius 1 is 1.21 bits per heavy atom. The highest BCUT2D eigenvalue weighted by Gasteiger charge is 2.29. The second kappa shape index (κ2) is 7.84. The van der Waals surface area contributed by atoms with Crippen LogP contribution in [-0.4, -0.2) is 30.5 Å². The fourth-order valence-corrected chi connectivity index (χ4v) is 4.72. The third-order valence-electron chi connectivity index (χ3n) is 4.11. The Hall–Kier alpha value is -2.52. The maximum atomic E-state index is 14.2. The van der Waals surface area contributed by atoms with Crippen LogP contribution in [0.5, 0.6) is 0 Å². The molecule has 3 rings (SSSR count). The molecule has 0 aliphatic carbocycles. The van der Waals surface area contributed by atoms with Gasteiger partial charge in [-0.3, -0.25) is 4.79 Å². The molecule has 0 aliphatic heterocycles. The maximum absolute atomic E-state index is 14.2. The molecule has 2 heterocycles. The summed E-state index contributed by atoms with van der Waals surface area (Å²) in [5.74, 6) is -2.86. The number of aryl methyl sites for hydroxylation is 1. The number of fused-ring (bicyclic) bond motifs is 1. The molecule has 0 amide bonds. The summed E-state index contributed by atoms with van der Waals surface area (Å²) in [5.41, 5.74) is 0.595. The first-order chi connectivity index (χ1) is 13.3. The lowest BCUT2D eigenvalue weighted by Gasteiger charge is -2.13. The predicted octanol–water partition coefficient (Wildman–Crippen LogP) is 3.70. The second-order valence-electron chi connectivity index (χ2n) is 5.92. The van der Waals surface area contributed by atoms with Gasteiger partial charge in [0.15, 0.2) is 4.90 Å². The van der Waals surface area contributed by atoms with Crippen LogP contribution in [-0.2, 0) is 26.0 Å². The summed E-state index contributed by atoms with van der Waals surface area (Å²) in [6.07, 6.45) is 0.463. The maximum Gasteiger partial charge on any atom is 0.305 e. The van der Waals surface area contributed by atoms with Gasteiger partial charge in [-0.25, -0.2) is 26.2 Å². The standard InChI is InChI=1S/C18H15ClF2N2O4S/c1-27-17(24)7-2-4-11-10-14-15(8-9-16(19)22-14)23(11)28(25,26)18-12(20)5-3-6-13(18)21/h3,5-6,8-10H,2,4,7H2,1H3. The Bertz CT molecular complexity index is 1140. The molecule has 6 nitrogen and oxygen atoms in total. The van der Waals surface area contributed by atoms with E-state index >= 15 is 0 Å². The molecule has 0 spiro atoms. The van der Waals surface area contributed by atoms with Gasteiger partial charge in [-0.1, -0.05) is 17.7 Å². The van der Waals surface area contributed by atoms with Gasteiger partial charge < -0.3 is 4.74 Å².